The standard InChI is InChI=1S/C24H29F2N11O10P2S2/c1-28-2-3-41-24(38)35-19-15-21(32-7-30-19)37(9-34-15)23-13(26)17-11(45-23)5-43-48(39,50)46-16-10(4-42-49(40,51)47-17)44-22(12(16)25)36-8-33-14-18(27)29-6-31-20(14)36/h6-13,16-17,22-23,28H,2-5H2,1H3,(H,39,50)(H,40,51)(H2,27,29,31)(H,30,32,35,38)/t10?,11-,12-,13-,16-,17-,22-,23-,48?,49?/m1/s1. The molecule has 0 saturated carbocycles. The monoisotopic (exact) mass is 795 g/mol. The van der Waals surface area contributed by atoms with Crippen molar-refractivity contribution in [3.63, 3.8) is 0 Å². The Morgan fingerprint density at radius 3 is 2.25 bits per heavy atom. The lowest BCUT2D eigenvalue weighted by atomic mass is 10.1. The molecule has 3 unspecified atom stereocenters. The molecule has 0 bridgehead atoms. The van der Waals surface area contributed by atoms with Gasteiger partial charge in [0.2, 0.25) is 0 Å². The number of likely N-dealkylation sites (N-methyl/N-ethyl adjacent to an activating group) is 1. The van der Waals surface area contributed by atoms with E-state index in [1.165, 1.54) is 21.8 Å². The number of aromatic nitrogens is 8. The Bertz CT molecular complexity index is 2030. The highest BCUT2D eigenvalue weighted by molar-refractivity contribution is 8.44. The molecule has 3 saturated heterocycles. The minimum absolute atomic E-state index is 0.0288. The molecule has 10 atom stereocenters. The van der Waals surface area contributed by atoms with Crippen LogP contribution in [0.15, 0.2) is 25.3 Å². The third kappa shape index (κ3) is 7.30. The molecule has 21 nitrogen and oxygen atoms in total. The number of hydrogen-bond donors (Lipinski definition) is 5. The number of anilines is 2. The molecule has 276 valence electrons. The van der Waals surface area contributed by atoms with Crippen LogP contribution in [0.1, 0.15) is 12.5 Å². The van der Waals surface area contributed by atoms with Crippen LogP contribution in [-0.4, -0.2) is 120 Å². The van der Waals surface area contributed by atoms with E-state index < -0.39 is 82.0 Å². The van der Waals surface area contributed by atoms with Crippen molar-refractivity contribution in [2.45, 2.75) is 49.2 Å². The molecule has 4 aromatic rings. The molecule has 3 aliphatic heterocycles. The van der Waals surface area contributed by atoms with E-state index in [1.54, 1.807) is 7.05 Å². The predicted molar refractivity (Wildman–Crippen MR) is 176 cm³/mol. The van der Waals surface area contributed by atoms with Crippen LogP contribution in [0.5, 0.6) is 0 Å². The van der Waals surface area contributed by atoms with Crippen molar-refractivity contribution in [2.24, 2.45) is 0 Å². The third-order valence-corrected chi connectivity index (χ3v) is 11.1. The molecule has 5 N–H and O–H groups in total. The Balaban J connectivity index is 1.11. The predicted octanol–water partition coefficient (Wildman–Crippen LogP) is 1.56. The molecule has 0 radical (unpaired) electrons. The topological polar surface area (TPSA) is 256 Å². The van der Waals surface area contributed by atoms with E-state index in [1.807, 2.05) is 0 Å². The van der Waals surface area contributed by atoms with Crippen molar-refractivity contribution in [1.82, 2.24) is 44.4 Å². The molecule has 3 aliphatic rings. The van der Waals surface area contributed by atoms with Crippen LogP contribution in [0.4, 0.5) is 25.2 Å². The average Bonchev–Trinajstić information content (AvgIpc) is 3.85. The second kappa shape index (κ2) is 14.4. The summed E-state index contributed by atoms with van der Waals surface area (Å²) in [5.74, 6) is 0.0137. The maximum Gasteiger partial charge on any atom is 0.412 e. The summed E-state index contributed by atoms with van der Waals surface area (Å²) in [5.41, 5.74) is 6.27. The molecule has 27 heteroatoms. The molecule has 0 aliphatic carbocycles. The first-order chi connectivity index (χ1) is 24.4. The van der Waals surface area contributed by atoms with Crippen LogP contribution >= 0.6 is 25.8 Å². The zero-order chi connectivity index (χ0) is 36.1. The number of fused-ring (bicyclic) bond motifs is 4. The van der Waals surface area contributed by atoms with Gasteiger partial charge in [-0.25, -0.2) is 48.0 Å². The SMILES string of the molecule is CNCCOC(=O)Nc1ncnc2c1ncn2[C@@H]1O[C@@H]2COP(O)(=S)O[C@@H]3C(COP(=O)(S)O[C@H]2[C@H]1F)O[C@@H](n1cnc2c(N)ncnc21)[C@@H]3F. The van der Waals surface area contributed by atoms with Gasteiger partial charge in [-0.15, -0.1) is 0 Å². The van der Waals surface area contributed by atoms with Gasteiger partial charge in [-0.3, -0.25) is 28.0 Å². The first-order valence-electron chi connectivity index (χ1n) is 14.9. The fraction of sp³-hybridized carbons (Fsp3) is 0.542. The molecule has 3 fully saturated rings. The summed E-state index contributed by atoms with van der Waals surface area (Å²) in [6.07, 6.45) is -9.34. The number of carbonyl (C=O) groups excluding carboxylic acids is 1. The second-order valence-corrected chi connectivity index (χ2v) is 16.8. The van der Waals surface area contributed by atoms with E-state index in [-0.39, 0.29) is 40.6 Å². The summed E-state index contributed by atoms with van der Waals surface area (Å²) < 4.78 is 87.2. The highest BCUT2D eigenvalue weighted by Crippen LogP contribution is 2.58. The van der Waals surface area contributed by atoms with Gasteiger partial charge in [0.1, 0.15) is 49.2 Å². The molecule has 0 spiro atoms. The minimum Gasteiger partial charge on any atom is -0.448 e. The van der Waals surface area contributed by atoms with Gasteiger partial charge in [0.15, 0.2) is 53.2 Å². The minimum atomic E-state index is -4.45. The smallest absolute Gasteiger partial charge is 0.412 e. The quantitative estimate of drug-likeness (QED) is 0.105. The maximum absolute atomic E-state index is 16.3. The van der Waals surface area contributed by atoms with Crippen molar-refractivity contribution >= 4 is 77.6 Å². The number of carbonyl (C=O) groups is 1. The lowest BCUT2D eigenvalue weighted by Crippen LogP contribution is -2.37. The highest BCUT2D eigenvalue weighted by atomic mass is 32.7. The van der Waals surface area contributed by atoms with E-state index in [9.17, 15) is 14.3 Å². The summed E-state index contributed by atoms with van der Waals surface area (Å²) in [6, 6.07) is 0. The van der Waals surface area contributed by atoms with E-state index in [4.69, 9.17) is 49.8 Å². The summed E-state index contributed by atoms with van der Waals surface area (Å²) in [4.78, 5) is 47.6. The summed E-state index contributed by atoms with van der Waals surface area (Å²) in [5, 5.41) is 5.28. The molecule has 7 heterocycles. The van der Waals surface area contributed by atoms with Gasteiger partial charge in [0, 0.05) is 6.54 Å². The van der Waals surface area contributed by atoms with Gasteiger partial charge < -0.3 is 34.7 Å². The van der Waals surface area contributed by atoms with Crippen LogP contribution in [0.2, 0.25) is 0 Å². The lowest BCUT2D eigenvalue weighted by molar-refractivity contribution is -0.0564. The molecular weight excluding hydrogens is 766 g/mol. The lowest BCUT2D eigenvalue weighted by Gasteiger charge is -2.29. The van der Waals surface area contributed by atoms with Gasteiger partial charge in [-0.1, -0.05) is 12.2 Å². The van der Waals surface area contributed by atoms with E-state index in [2.05, 4.69) is 52.8 Å². The van der Waals surface area contributed by atoms with Crippen LogP contribution in [0, 0.1) is 0 Å². The fourth-order valence-electron chi connectivity index (χ4n) is 5.62. The Kier molecular flexibility index (Phi) is 10.3. The summed E-state index contributed by atoms with van der Waals surface area (Å²) in [6.45, 7) is -9.61. The number of amides is 1. The number of nitrogens with one attached hydrogen (secondary N) is 2. The Labute approximate surface area is 295 Å². The van der Waals surface area contributed by atoms with Gasteiger partial charge in [0.25, 0.3) is 0 Å². The molecule has 51 heavy (non-hydrogen) atoms. The van der Waals surface area contributed by atoms with Crippen molar-refractivity contribution in [3.8, 4) is 0 Å². The number of hydrogen-bond acceptors (Lipinski definition) is 18. The molecule has 7 rings (SSSR count). The number of halogens is 2. The number of nitrogens with zero attached hydrogens (tertiary/aromatic N) is 8. The summed E-state index contributed by atoms with van der Waals surface area (Å²) in [7, 11) is 1.69. The van der Waals surface area contributed by atoms with E-state index in [0.29, 0.717) is 6.54 Å². The average molecular weight is 796 g/mol. The normalized spacial score (nSPS) is 34.5. The number of nitrogens with two attached hydrogens (primary N) is 1. The maximum atomic E-state index is 16.3. The number of thiol groups is 1. The Morgan fingerprint density at radius 2 is 1.59 bits per heavy atom. The number of imidazole rings is 2. The van der Waals surface area contributed by atoms with Crippen molar-refractivity contribution in [3.05, 3.63) is 25.3 Å². The van der Waals surface area contributed by atoms with Crippen LogP contribution < -0.4 is 16.4 Å². The molecule has 4 aromatic heterocycles. The second-order valence-electron chi connectivity index (χ2n) is 11.2. The zero-order valence-electron chi connectivity index (χ0n) is 26.0. The number of nitrogen functional groups attached to an aromatic ring is 1. The van der Waals surface area contributed by atoms with Gasteiger partial charge in [0.05, 0.1) is 25.9 Å². The summed E-state index contributed by atoms with van der Waals surface area (Å²) >= 11 is 9.21. The van der Waals surface area contributed by atoms with Crippen LogP contribution in [-0.2, 0) is 48.7 Å². The van der Waals surface area contributed by atoms with Crippen molar-refractivity contribution < 1.29 is 55.3 Å². The zero-order valence-corrected chi connectivity index (χ0v) is 29.5. The highest BCUT2D eigenvalue weighted by Gasteiger charge is 2.54. The Morgan fingerprint density at radius 1 is 1.00 bits per heavy atom. The first-order valence-corrected chi connectivity index (χ1v) is 20.2. The van der Waals surface area contributed by atoms with Crippen LogP contribution in [0.3, 0.4) is 0 Å². The number of rotatable bonds is 6. The van der Waals surface area contributed by atoms with E-state index >= 15 is 8.78 Å². The van der Waals surface area contributed by atoms with Crippen molar-refractivity contribution in [2.75, 3.05) is 44.5 Å². The Hall–Kier alpha value is -3.06. The number of ether oxygens (including phenoxy) is 3. The molecular formula is C24H29F2N11O10P2S2. The number of alkyl halides is 2. The third-order valence-electron chi connectivity index (χ3n) is 7.95. The first kappa shape index (κ1) is 36.3. The fourth-order valence-corrected chi connectivity index (χ4v) is 8.54. The van der Waals surface area contributed by atoms with Gasteiger partial charge in [-0.05, 0) is 18.9 Å². The molecule has 0 aromatic carbocycles. The van der Waals surface area contributed by atoms with E-state index in [0.717, 1.165) is 12.7 Å². The van der Waals surface area contributed by atoms with Crippen molar-refractivity contribution in [1.29, 1.82) is 0 Å². The van der Waals surface area contributed by atoms with Gasteiger partial charge >= 0.3 is 19.6 Å². The van der Waals surface area contributed by atoms with Gasteiger partial charge in [-0.2, -0.15) is 0 Å². The molecule has 1 amide bonds. The largest absolute Gasteiger partial charge is 0.448 e. The van der Waals surface area contributed by atoms with Crippen LogP contribution in [0.25, 0.3) is 22.3 Å².